The molecule has 2 aliphatic rings. The van der Waals surface area contributed by atoms with E-state index in [2.05, 4.69) is 56.1 Å². The van der Waals surface area contributed by atoms with Gasteiger partial charge < -0.3 is 14.8 Å². The van der Waals surface area contributed by atoms with Crippen molar-refractivity contribution in [2.24, 2.45) is 11.1 Å². The first-order valence-electron chi connectivity index (χ1n) is 8.62. The Morgan fingerprint density at radius 1 is 1.39 bits per heavy atom. The maximum absolute atomic E-state index is 9.40. The van der Waals surface area contributed by atoms with Crippen LogP contribution in [0.1, 0.15) is 45.6 Å². The van der Waals surface area contributed by atoms with E-state index < -0.39 is 0 Å². The first-order chi connectivity index (χ1) is 10.9. The fourth-order valence-electron chi connectivity index (χ4n) is 4.45. The predicted molar refractivity (Wildman–Crippen MR) is 92.5 cm³/mol. The number of piperidine rings is 1. The van der Waals surface area contributed by atoms with E-state index in [1.807, 2.05) is 6.07 Å². The van der Waals surface area contributed by atoms with Crippen LogP contribution in [0.15, 0.2) is 29.4 Å². The van der Waals surface area contributed by atoms with E-state index in [1.165, 1.54) is 5.56 Å². The molecular formula is C19H28N2O2. The second-order valence-electron chi connectivity index (χ2n) is 7.60. The summed E-state index contributed by atoms with van der Waals surface area (Å²) in [6.45, 7) is 7.51. The number of rotatable bonds is 3. The molecule has 1 aliphatic carbocycles. The van der Waals surface area contributed by atoms with Crippen LogP contribution in [0.2, 0.25) is 0 Å². The van der Waals surface area contributed by atoms with E-state index in [0.29, 0.717) is 12.0 Å². The highest BCUT2D eigenvalue weighted by Crippen LogP contribution is 2.49. The molecule has 4 nitrogen and oxygen atoms in total. The monoisotopic (exact) mass is 316 g/mol. The van der Waals surface area contributed by atoms with E-state index in [4.69, 9.17) is 4.74 Å². The summed E-state index contributed by atoms with van der Waals surface area (Å²) in [5.41, 5.74) is 2.30. The molecule has 3 rings (SSSR count). The zero-order valence-corrected chi connectivity index (χ0v) is 14.6. The van der Waals surface area contributed by atoms with Crippen molar-refractivity contribution in [1.82, 2.24) is 4.90 Å². The Bertz CT molecular complexity index is 599. The largest absolute Gasteiger partial charge is 0.491 e. The normalized spacial score (nSPS) is 33.2. The molecule has 2 bridgehead atoms. The second kappa shape index (κ2) is 6.16. The Hall–Kier alpha value is -1.55. The van der Waals surface area contributed by atoms with Gasteiger partial charge in [-0.15, -0.1) is 0 Å². The third-order valence-corrected chi connectivity index (χ3v) is 5.64. The highest BCUT2D eigenvalue weighted by atomic mass is 16.5. The van der Waals surface area contributed by atoms with Gasteiger partial charge in [0.2, 0.25) is 0 Å². The molecule has 1 saturated heterocycles. The van der Waals surface area contributed by atoms with E-state index in [1.54, 1.807) is 0 Å². The fraction of sp³-hybridized carbons (Fsp3) is 0.632. The number of ether oxygens (including phenoxy) is 1. The summed E-state index contributed by atoms with van der Waals surface area (Å²) in [4.78, 5) is 2.42. The van der Waals surface area contributed by atoms with Gasteiger partial charge >= 0.3 is 0 Å². The minimum absolute atomic E-state index is 0.0489. The smallest absolute Gasteiger partial charge is 0.119 e. The van der Waals surface area contributed by atoms with Gasteiger partial charge in [0.25, 0.3) is 0 Å². The average Bonchev–Trinajstić information content (AvgIpc) is 2.52. The van der Waals surface area contributed by atoms with Crippen LogP contribution in [0.5, 0.6) is 5.75 Å². The van der Waals surface area contributed by atoms with E-state index >= 15 is 0 Å². The quantitative estimate of drug-likeness (QED) is 0.683. The summed E-state index contributed by atoms with van der Waals surface area (Å²) in [6.07, 6.45) is 3.02. The Labute approximate surface area is 139 Å². The Morgan fingerprint density at radius 3 is 2.87 bits per heavy atom. The van der Waals surface area contributed by atoms with Gasteiger partial charge in [-0.05, 0) is 57.4 Å². The fourth-order valence-corrected chi connectivity index (χ4v) is 4.45. The summed E-state index contributed by atoms with van der Waals surface area (Å²) in [6, 6.07) is 8.99. The average molecular weight is 316 g/mol. The molecular weight excluding hydrogens is 288 g/mol. The lowest BCUT2D eigenvalue weighted by molar-refractivity contribution is 0.0585. The molecule has 0 aromatic heterocycles. The number of hydrogen-bond donors (Lipinski definition) is 1. The van der Waals surface area contributed by atoms with E-state index in [-0.39, 0.29) is 11.5 Å². The molecule has 0 radical (unpaired) electrons. The maximum Gasteiger partial charge on any atom is 0.119 e. The number of benzene rings is 1. The van der Waals surface area contributed by atoms with Crippen molar-refractivity contribution in [3.05, 3.63) is 29.8 Å². The Kier molecular flexibility index (Phi) is 4.37. The molecule has 1 saturated carbocycles. The van der Waals surface area contributed by atoms with Gasteiger partial charge in [-0.3, -0.25) is 0 Å². The summed E-state index contributed by atoms with van der Waals surface area (Å²) in [5.74, 6) is 1.44. The summed E-state index contributed by atoms with van der Waals surface area (Å²) in [7, 11) is 2.18. The summed E-state index contributed by atoms with van der Waals surface area (Å²) in [5, 5.41) is 13.0. The van der Waals surface area contributed by atoms with Gasteiger partial charge in [-0.25, -0.2) is 0 Å². The summed E-state index contributed by atoms with van der Waals surface area (Å²) >= 11 is 0. The molecule has 126 valence electrons. The molecule has 4 heteroatoms. The minimum Gasteiger partial charge on any atom is -0.491 e. The molecule has 1 aliphatic heterocycles. The van der Waals surface area contributed by atoms with Crippen LogP contribution in [-0.2, 0) is 5.41 Å². The molecule has 1 aromatic carbocycles. The van der Waals surface area contributed by atoms with Crippen molar-refractivity contribution in [2.45, 2.75) is 57.6 Å². The van der Waals surface area contributed by atoms with Crippen LogP contribution >= 0.6 is 0 Å². The van der Waals surface area contributed by atoms with Crippen molar-refractivity contribution in [1.29, 1.82) is 0 Å². The van der Waals surface area contributed by atoms with Crippen LogP contribution in [0.25, 0.3) is 0 Å². The van der Waals surface area contributed by atoms with Crippen LogP contribution < -0.4 is 4.74 Å². The molecule has 1 heterocycles. The highest BCUT2D eigenvalue weighted by molar-refractivity contribution is 5.87. The van der Waals surface area contributed by atoms with Crippen LogP contribution in [0.4, 0.5) is 0 Å². The highest BCUT2D eigenvalue weighted by Gasteiger charge is 2.49. The third kappa shape index (κ3) is 2.97. The lowest BCUT2D eigenvalue weighted by atomic mass is 9.58. The number of hydrogen-bond acceptors (Lipinski definition) is 4. The Balaban J connectivity index is 2.00. The molecule has 1 N–H and O–H groups in total. The molecule has 2 fully saturated rings. The first kappa shape index (κ1) is 16.3. The number of oxime groups is 1. The van der Waals surface area contributed by atoms with Gasteiger partial charge in [-0.2, -0.15) is 0 Å². The topological polar surface area (TPSA) is 45.1 Å². The lowest BCUT2D eigenvalue weighted by Gasteiger charge is -2.53. The lowest BCUT2D eigenvalue weighted by Crippen LogP contribution is -2.57. The zero-order valence-electron chi connectivity index (χ0n) is 14.6. The zero-order chi connectivity index (χ0) is 16.6. The number of likely N-dealkylation sites (tertiary alicyclic amines) is 1. The number of nitrogens with zero attached hydrogens (tertiary/aromatic N) is 2. The molecule has 3 atom stereocenters. The van der Waals surface area contributed by atoms with E-state index in [9.17, 15) is 5.21 Å². The van der Waals surface area contributed by atoms with Gasteiger partial charge in [0, 0.05) is 24.4 Å². The molecule has 0 amide bonds. The predicted octanol–water partition coefficient (Wildman–Crippen LogP) is 3.68. The van der Waals surface area contributed by atoms with Crippen molar-refractivity contribution in [3.63, 3.8) is 0 Å². The van der Waals surface area contributed by atoms with Gasteiger partial charge in [0.05, 0.1) is 11.8 Å². The molecule has 23 heavy (non-hydrogen) atoms. The van der Waals surface area contributed by atoms with Crippen molar-refractivity contribution in [2.75, 3.05) is 13.6 Å². The standard InChI is InChI=1S/C19H28N2O2/c1-13(2)23-18-7-5-6-15(8-18)19-10-16(20-22)9-17(11-19)21(4)12-14(19)3/h5-8,13-14,17,22H,9-12H2,1-4H3/b20-16-/t14-,17+,19+/m1/s1. The first-order valence-corrected chi connectivity index (χ1v) is 8.62. The van der Waals surface area contributed by atoms with Gasteiger partial charge in [0.15, 0.2) is 0 Å². The van der Waals surface area contributed by atoms with Crippen molar-refractivity contribution < 1.29 is 9.94 Å². The van der Waals surface area contributed by atoms with Gasteiger partial charge in [-0.1, -0.05) is 24.2 Å². The van der Waals surface area contributed by atoms with Crippen LogP contribution in [-0.4, -0.2) is 41.6 Å². The van der Waals surface area contributed by atoms with E-state index in [0.717, 1.165) is 37.3 Å². The van der Waals surface area contributed by atoms with Crippen molar-refractivity contribution >= 4 is 5.71 Å². The molecule has 1 aromatic rings. The number of fused-ring (bicyclic) bond motifs is 2. The molecule has 0 spiro atoms. The minimum atomic E-state index is 0.0489. The third-order valence-electron chi connectivity index (χ3n) is 5.64. The van der Waals surface area contributed by atoms with Crippen LogP contribution in [0, 0.1) is 5.92 Å². The van der Waals surface area contributed by atoms with Crippen molar-refractivity contribution in [3.8, 4) is 5.75 Å². The molecule has 0 unspecified atom stereocenters. The second-order valence-corrected chi connectivity index (χ2v) is 7.60. The van der Waals surface area contributed by atoms with Gasteiger partial charge in [0.1, 0.15) is 5.75 Å². The Morgan fingerprint density at radius 2 is 2.17 bits per heavy atom. The summed E-state index contributed by atoms with van der Waals surface area (Å²) < 4.78 is 5.90. The van der Waals surface area contributed by atoms with Crippen LogP contribution in [0.3, 0.4) is 0 Å². The maximum atomic E-state index is 9.40. The SMILES string of the molecule is CC(C)Oc1cccc([C@@]23C/C(=N\O)C[C@@H](C2)N(C)C[C@H]3C)c1.